The molecule has 0 amide bonds. The van der Waals surface area contributed by atoms with Crippen LogP contribution in [0.15, 0.2) is 0 Å². The normalized spacial score (nSPS) is 31.7. The number of nitrogens with one attached hydrogen (secondary N) is 1. The van der Waals surface area contributed by atoms with Crippen molar-refractivity contribution in [3.8, 4) is 0 Å². The first-order valence-electron chi connectivity index (χ1n) is 7.53. The molecule has 0 radical (unpaired) electrons. The summed E-state index contributed by atoms with van der Waals surface area (Å²) >= 11 is 0. The van der Waals surface area contributed by atoms with Crippen molar-refractivity contribution in [3.63, 3.8) is 0 Å². The number of nitrogens with zero attached hydrogens (tertiary/aromatic N) is 2. The summed E-state index contributed by atoms with van der Waals surface area (Å²) in [5.74, 6) is 0.792. The number of hydrogen-bond acceptors (Lipinski definition) is 4. The van der Waals surface area contributed by atoms with Crippen LogP contribution in [0.1, 0.15) is 25.7 Å². The zero-order chi connectivity index (χ0) is 12.8. The highest BCUT2D eigenvalue weighted by atomic mass is 16.3. The molecule has 0 atom stereocenters. The molecule has 1 heterocycles. The number of likely N-dealkylation sites (N-methyl/N-ethyl adjacent to an activating group) is 1. The largest absolute Gasteiger partial charge is 0.393 e. The van der Waals surface area contributed by atoms with E-state index < -0.39 is 0 Å². The van der Waals surface area contributed by atoms with Crippen LogP contribution in [-0.4, -0.2) is 73.9 Å². The van der Waals surface area contributed by atoms with Crippen molar-refractivity contribution >= 4 is 0 Å². The minimum atomic E-state index is -0.0217. The maximum atomic E-state index is 9.46. The average molecular weight is 255 g/mol. The van der Waals surface area contributed by atoms with E-state index in [4.69, 9.17) is 0 Å². The molecule has 106 valence electrons. The molecule has 4 nitrogen and oxygen atoms in total. The van der Waals surface area contributed by atoms with E-state index in [9.17, 15) is 5.11 Å². The molecule has 2 aliphatic rings. The van der Waals surface area contributed by atoms with Crippen molar-refractivity contribution in [2.24, 2.45) is 5.92 Å². The van der Waals surface area contributed by atoms with Gasteiger partial charge in [0.2, 0.25) is 0 Å². The van der Waals surface area contributed by atoms with E-state index in [1.165, 1.54) is 45.6 Å². The quantitative estimate of drug-likeness (QED) is 0.697. The minimum Gasteiger partial charge on any atom is -0.393 e. The molecule has 1 saturated carbocycles. The Hall–Kier alpha value is -0.160. The van der Waals surface area contributed by atoms with Crippen LogP contribution in [0.25, 0.3) is 0 Å². The van der Waals surface area contributed by atoms with Crippen LogP contribution in [0.3, 0.4) is 0 Å². The lowest BCUT2D eigenvalue weighted by Gasteiger charge is -2.32. The van der Waals surface area contributed by atoms with Gasteiger partial charge in [0.1, 0.15) is 0 Å². The lowest BCUT2D eigenvalue weighted by atomic mass is 9.87. The number of rotatable bonds is 5. The van der Waals surface area contributed by atoms with Crippen molar-refractivity contribution in [1.82, 2.24) is 15.1 Å². The van der Waals surface area contributed by atoms with Gasteiger partial charge in [-0.2, -0.15) is 0 Å². The van der Waals surface area contributed by atoms with Gasteiger partial charge in [0.25, 0.3) is 0 Å². The molecule has 0 bridgehead atoms. The summed E-state index contributed by atoms with van der Waals surface area (Å²) in [6.45, 7) is 8.29. The van der Waals surface area contributed by atoms with Crippen LogP contribution in [0.2, 0.25) is 0 Å². The topological polar surface area (TPSA) is 38.7 Å². The molecule has 0 spiro atoms. The lowest BCUT2D eigenvalue weighted by molar-refractivity contribution is 0.107. The molecule has 2 rings (SSSR count). The first-order chi connectivity index (χ1) is 8.74. The Balaban J connectivity index is 1.48. The van der Waals surface area contributed by atoms with E-state index in [1.54, 1.807) is 0 Å². The fourth-order valence-electron chi connectivity index (χ4n) is 2.96. The highest BCUT2D eigenvalue weighted by Gasteiger charge is 2.19. The van der Waals surface area contributed by atoms with Gasteiger partial charge in [-0.05, 0) is 45.2 Å². The van der Waals surface area contributed by atoms with E-state index in [-0.39, 0.29) is 6.10 Å². The Bertz CT molecular complexity index is 197. The van der Waals surface area contributed by atoms with Gasteiger partial charge in [-0.3, -0.25) is 4.90 Å². The summed E-state index contributed by atoms with van der Waals surface area (Å²) in [5, 5.41) is 13.1. The summed E-state index contributed by atoms with van der Waals surface area (Å²) in [4.78, 5) is 4.95. The highest BCUT2D eigenvalue weighted by Crippen LogP contribution is 2.23. The number of hydrogen-bond donors (Lipinski definition) is 2. The highest BCUT2D eigenvalue weighted by molar-refractivity contribution is 4.74. The van der Waals surface area contributed by atoms with Crippen LogP contribution in [0.4, 0.5) is 0 Å². The Labute approximate surface area is 111 Å². The molecule has 0 aromatic carbocycles. The molecule has 1 saturated heterocycles. The zero-order valence-electron chi connectivity index (χ0n) is 11.8. The molecule has 0 unspecified atom stereocenters. The molecule has 2 fully saturated rings. The summed E-state index contributed by atoms with van der Waals surface area (Å²) < 4.78 is 0. The van der Waals surface area contributed by atoms with Crippen molar-refractivity contribution < 1.29 is 5.11 Å². The Morgan fingerprint density at radius 3 is 2.39 bits per heavy atom. The van der Waals surface area contributed by atoms with Gasteiger partial charge in [-0.15, -0.1) is 0 Å². The van der Waals surface area contributed by atoms with E-state index in [0.29, 0.717) is 0 Å². The molecule has 0 aromatic rings. The van der Waals surface area contributed by atoms with Gasteiger partial charge in [0.05, 0.1) is 6.10 Å². The van der Waals surface area contributed by atoms with Gasteiger partial charge >= 0.3 is 0 Å². The molecule has 4 heteroatoms. The molecule has 2 N–H and O–H groups in total. The average Bonchev–Trinajstić information content (AvgIpc) is 2.39. The zero-order valence-corrected chi connectivity index (χ0v) is 11.8. The number of piperazine rings is 1. The SMILES string of the molecule is CN1CCN(CCNCC2CCC(O)CC2)CC1. The predicted molar refractivity (Wildman–Crippen MR) is 74.8 cm³/mol. The molecular formula is C14H29N3O. The van der Waals surface area contributed by atoms with Crippen molar-refractivity contribution in [1.29, 1.82) is 0 Å². The summed E-state index contributed by atoms with van der Waals surface area (Å²) in [7, 11) is 2.20. The van der Waals surface area contributed by atoms with Crippen LogP contribution in [0.5, 0.6) is 0 Å². The van der Waals surface area contributed by atoms with Crippen molar-refractivity contribution in [2.45, 2.75) is 31.8 Å². The van der Waals surface area contributed by atoms with Gasteiger partial charge in [-0.25, -0.2) is 0 Å². The van der Waals surface area contributed by atoms with Crippen LogP contribution in [-0.2, 0) is 0 Å². The van der Waals surface area contributed by atoms with Gasteiger partial charge in [0, 0.05) is 39.3 Å². The number of aliphatic hydroxyl groups excluding tert-OH is 1. The van der Waals surface area contributed by atoms with E-state index in [0.717, 1.165) is 31.8 Å². The number of aliphatic hydroxyl groups is 1. The first kappa shape index (κ1) is 14.3. The van der Waals surface area contributed by atoms with Gasteiger partial charge in [0.15, 0.2) is 0 Å². The van der Waals surface area contributed by atoms with Crippen LogP contribution >= 0.6 is 0 Å². The third-order valence-corrected chi connectivity index (χ3v) is 4.45. The van der Waals surface area contributed by atoms with Gasteiger partial charge < -0.3 is 15.3 Å². The summed E-state index contributed by atoms with van der Waals surface area (Å²) in [5.41, 5.74) is 0. The summed E-state index contributed by atoms with van der Waals surface area (Å²) in [6, 6.07) is 0. The second-order valence-electron chi connectivity index (χ2n) is 6.02. The predicted octanol–water partition coefficient (Wildman–Crippen LogP) is 0.375. The van der Waals surface area contributed by atoms with Crippen LogP contribution < -0.4 is 5.32 Å². The smallest absolute Gasteiger partial charge is 0.0540 e. The Morgan fingerprint density at radius 2 is 1.72 bits per heavy atom. The fraction of sp³-hybridized carbons (Fsp3) is 1.00. The van der Waals surface area contributed by atoms with Crippen LogP contribution in [0, 0.1) is 5.92 Å². The van der Waals surface area contributed by atoms with E-state index >= 15 is 0 Å². The maximum absolute atomic E-state index is 9.46. The van der Waals surface area contributed by atoms with Crippen molar-refractivity contribution in [3.05, 3.63) is 0 Å². The third kappa shape index (κ3) is 4.84. The summed E-state index contributed by atoms with van der Waals surface area (Å²) in [6.07, 6.45) is 4.38. The Kier molecular flexibility index (Phi) is 5.89. The first-order valence-corrected chi connectivity index (χ1v) is 7.53. The third-order valence-electron chi connectivity index (χ3n) is 4.45. The molecule has 1 aliphatic carbocycles. The molecule has 18 heavy (non-hydrogen) atoms. The maximum Gasteiger partial charge on any atom is 0.0540 e. The monoisotopic (exact) mass is 255 g/mol. The van der Waals surface area contributed by atoms with Gasteiger partial charge in [-0.1, -0.05) is 0 Å². The minimum absolute atomic E-state index is 0.0217. The second kappa shape index (κ2) is 7.43. The lowest BCUT2D eigenvalue weighted by Crippen LogP contribution is -2.46. The molecular weight excluding hydrogens is 226 g/mol. The molecule has 0 aromatic heterocycles. The second-order valence-corrected chi connectivity index (χ2v) is 6.02. The Morgan fingerprint density at radius 1 is 1.06 bits per heavy atom. The van der Waals surface area contributed by atoms with E-state index in [2.05, 4.69) is 22.2 Å². The standard InChI is InChI=1S/C14H29N3O/c1-16-8-10-17(11-9-16)7-6-15-12-13-2-4-14(18)5-3-13/h13-15,18H,2-12H2,1H3. The molecule has 1 aliphatic heterocycles. The fourth-order valence-corrected chi connectivity index (χ4v) is 2.96. The van der Waals surface area contributed by atoms with E-state index in [1.807, 2.05) is 0 Å². The van der Waals surface area contributed by atoms with Crippen molar-refractivity contribution in [2.75, 3.05) is 52.9 Å².